The molecule has 7 nitrogen and oxygen atoms in total. The molecule has 0 amide bonds. The number of nitrogens with zero attached hydrogens (tertiary/aromatic N) is 2. The molecule has 1 heterocycles. The maximum atomic E-state index is 12.0. The Morgan fingerprint density at radius 2 is 2.14 bits per heavy atom. The second-order valence-electron chi connectivity index (χ2n) is 4.07. The Labute approximate surface area is 125 Å². The van der Waals surface area contributed by atoms with E-state index < -0.39 is 14.9 Å². The van der Waals surface area contributed by atoms with Crippen molar-refractivity contribution < 1.29 is 13.3 Å². The monoisotopic (exact) mass is 325 g/mol. The Balaban J connectivity index is 2.23. The lowest BCUT2D eigenvalue weighted by Gasteiger charge is -2.04. The third kappa shape index (κ3) is 3.64. The van der Waals surface area contributed by atoms with Gasteiger partial charge in [-0.25, -0.2) is 4.83 Å². The van der Waals surface area contributed by atoms with Crippen LogP contribution in [0.5, 0.6) is 0 Å². The first-order chi connectivity index (χ1) is 9.90. The van der Waals surface area contributed by atoms with Gasteiger partial charge < -0.3 is 0 Å². The van der Waals surface area contributed by atoms with E-state index in [1.807, 2.05) is 16.3 Å². The first-order valence-corrected chi connectivity index (χ1v) is 8.10. The van der Waals surface area contributed by atoms with Gasteiger partial charge in [-0.1, -0.05) is 12.1 Å². The van der Waals surface area contributed by atoms with Gasteiger partial charge in [0.25, 0.3) is 15.7 Å². The van der Waals surface area contributed by atoms with Crippen molar-refractivity contribution in [1.82, 2.24) is 4.83 Å². The van der Waals surface area contributed by atoms with Crippen molar-refractivity contribution in [3.8, 4) is 0 Å². The zero-order valence-electron chi connectivity index (χ0n) is 10.9. The maximum Gasteiger partial charge on any atom is 0.276 e. The molecule has 0 atom stereocenters. The van der Waals surface area contributed by atoms with Gasteiger partial charge >= 0.3 is 0 Å². The van der Waals surface area contributed by atoms with E-state index in [4.69, 9.17) is 0 Å². The highest BCUT2D eigenvalue weighted by Crippen LogP contribution is 2.21. The maximum absolute atomic E-state index is 12.0. The number of hydrogen-bond donors (Lipinski definition) is 1. The van der Waals surface area contributed by atoms with Crippen LogP contribution in [0.2, 0.25) is 0 Å². The molecule has 0 saturated carbocycles. The van der Waals surface area contributed by atoms with Gasteiger partial charge in [0, 0.05) is 16.5 Å². The van der Waals surface area contributed by atoms with E-state index in [0.29, 0.717) is 5.56 Å². The largest absolute Gasteiger partial charge is 0.276 e. The van der Waals surface area contributed by atoms with E-state index in [1.54, 1.807) is 6.07 Å². The molecular formula is C12H11N3O4S2. The lowest BCUT2D eigenvalue weighted by molar-refractivity contribution is -0.385. The first kappa shape index (κ1) is 15.1. The van der Waals surface area contributed by atoms with Crippen molar-refractivity contribution in [2.75, 3.05) is 0 Å². The van der Waals surface area contributed by atoms with Crippen LogP contribution in [0.1, 0.15) is 10.4 Å². The topological polar surface area (TPSA) is 102 Å². The van der Waals surface area contributed by atoms with Crippen LogP contribution >= 0.6 is 11.3 Å². The summed E-state index contributed by atoms with van der Waals surface area (Å²) in [5, 5.41) is 16.3. The zero-order chi connectivity index (χ0) is 15.5. The van der Waals surface area contributed by atoms with Gasteiger partial charge in [-0.3, -0.25) is 10.1 Å². The average molecular weight is 325 g/mol. The van der Waals surface area contributed by atoms with Gasteiger partial charge in [0.1, 0.15) is 0 Å². The number of hydrogen-bond acceptors (Lipinski definition) is 6. The third-order valence-electron chi connectivity index (χ3n) is 2.60. The average Bonchev–Trinajstić information content (AvgIpc) is 2.91. The number of hydrazone groups is 1. The molecule has 0 fully saturated rings. The smallest absolute Gasteiger partial charge is 0.258 e. The molecule has 2 aromatic rings. The van der Waals surface area contributed by atoms with Crippen LogP contribution in [0.3, 0.4) is 0 Å². The Bertz CT molecular complexity index is 783. The molecule has 1 N–H and O–H groups in total. The van der Waals surface area contributed by atoms with Crippen LogP contribution in [0.15, 0.2) is 45.7 Å². The first-order valence-electron chi connectivity index (χ1n) is 5.73. The van der Waals surface area contributed by atoms with Crippen molar-refractivity contribution in [2.45, 2.75) is 11.8 Å². The molecule has 0 aliphatic rings. The summed E-state index contributed by atoms with van der Waals surface area (Å²) in [5.41, 5.74) is 0.140. The fourth-order valence-electron chi connectivity index (χ4n) is 1.53. The summed E-state index contributed by atoms with van der Waals surface area (Å²) in [6, 6.07) is 7.28. The SMILES string of the molecule is Cc1ccc(S(=O)(=O)N/N=C/c2cccs2)cc1[N+](=O)[O-]. The Hall–Kier alpha value is -2.26. The Morgan fingerprint density at radius 1 is 1.38 bits per heavy atom. The molecule has 1 aromatic carbocycles. The summed E-state index contributed by atoms with van der Waals surface area (Å²) in [7, 11) is -3.93. The van der Waals surface area contributed by atoms with Crippen LogP contribution in [0, 0.1) is 17.0 Å². The fraction of sp³-hybridized carbons (Fsp3) is 0.0833. The molecule has 0 radical (unpaired) electrons. The number of aryl methyl sites for hydroxylation is 1. The second-order valence-corrected chi connectivity index (χ2v) is 6.71. The van der Waals surface area contributed by atoms with E-state index >= 15 is 0 Å². The molecule has 0 saturated heterocycles. The standard InChI is InChI=1S/C12H11N3O4S2/c1-9-4-5-11(7-12(9)15(16)17)21(18,19)14-13-8-10-3-2-6-20-10/h2-8,14H,1H3/b13-8+. The highest BCUT2D eigenvalue weighted by Gasteiger charge is 2.19. The molecule has 0 aliphatic heterocycles. The molecule has 21 heavy (non-hydrogen) atoms. The summed E-state index contributed by atoms with van der Waals surface area (Å²) in [6.07, 6.45) is 1.37. The molecule has 0 aliphatic carbocycles. The minimum atomic E-state index is -3.93. The van der Waals surface area contributed by atoms with Gasteiger partial charge in [0.2, 0.25) is 0 Å². The number of thiophene rings is 1. The highest BCUT2D eigenvalue weighted by molar-refractivity contribution is 7.89. The summed E-state index contributed by atoms with van der Waals surface area (Å²) in [5.74, 6) is 0. The van der Waals surface area contributed by atoms with Gasteiger partial charge in [-0.2, -0.15) is 13.5 Å². The molecule has 1 aromatic heterocycles. The number of sulfonamides is 1. The Morgan fingerprint density at radius 3 is 2.76 bits per heavy atom. The zero-order valence-corrected chi connectivity index (χ0v) is 12.5. The van der Waals surface area contributed by atoms with E-state index in [0.717, 1.165) is 10.9 Å². The number of rotatable bonds is 5. The van der Waals surface area contributed by atoms with Crippen LogP contribution in [-0.2, 0) is 10.0 Å². The van der Waals surface area contributed by atoms with Gasteiger partial charge in [0.15, 0.2) is 0 Å². The molecule has 110 valence electrons. The summed E-state index contributed by atoms with van der Waals surface area (Å²) in [6.45, 7) is 1.54. The lowest BCUT2D eigenvalue weighted by atomic mass is 10.2. The summed E-state index contributed by atoms with van der Waals surface area (Å²) < 4.78 is 24.0. The Kier molecular flexibility index (Phi) is 4.34. The van der Waals surface area contributed by atoms with Gasteiger partial charge in [-0.15, -0.1) is 11.3 Å². The van der Waals surface area contributed by atoms with Crippen LogP contribution in [0.4, 0.5) is 5.69 Å². The van der Waals surface area contributed by atoms with Crippen molar-refractivity contribution in [3.05, 3.63) is 56.3 Å². The lowest BCUT2D eigenvalue weighted by Crippen LogP contribution is -2.18. The van der Waals surface area contributed by atoms with Crippen molar-refractivity contribution in [3.63, 3.8) is 0 Å². The minimum absolute atomic E-state index is 0.205. The van der Waals surface area contributed by atoms with Crippen molar-refractivity contribution in [2.24, 2.45) is 5.10 Å². The predicted octanol–water partition coefficient (Wildman–Crippen LogP) is 2.28. The summed E-state index contributed by atoms with van der Waals surface area (Å²) in [4.78, 5) is 12.8. The van der Waals surface area contributed by atoms with Crippen LogP contribution in [0.25, 0.3) is 0 Å². The van der Waals surface area contributed by atoms with Gasteiger partial charge in [0.05, 0.1) is 16.0 Å². The van der Waals surface area contributed by atoms with Gasteiger partial charge in [-0.05, 0) is 24.4 Å². The number of nitrogens with one attached hydrogen (secondary N) is 1. The quantitative estimate of drug-likeness (QED) is 0.517. The highest BCUT2D eigenvalue weighted by atomic mass is 32.2. The predicted molar refractivity (Wildman–Crippen MR) is 80.1 cm³/mol. The van der Waals surface area contributed by atoms with Crippen molar-refractivity contribution >= 4 is 33.3 Å². The fourth-order valence-corrected chi connectivity index (χ4v) is 2.93. The molecule has 2 rings (SSSR count). The third-order valence-corrected chi connectivity index (χ3v) is 4.62. The molecule has 9 heteroatoms. The molecule has 0 bridgehead atoms. The minimum Gasteiger partial charge on any atom is -0.258 e. The molecule has 0 spiro atoms. The number of nitro groups is 1. The number of benzene rings is 1. The van der Waals surface area contributed by atoms with E-state index in [1.165, 1.54) is 36.6 Å². The second kappa shape index (κ2) is 6.02. The van der Waals surface area contributed by atoms with E-state index in [2.05, 4.69) is 5.10 Å². The van der Waals surface area contributed by atoms with E-state index in [-0.39, 0.29) is 10.6 Å². The normalized spacial score (nSPS) is 11.7. The number of nitro benzene ring substituents is 1. The van der Waals surface area contributed by atoms with E-state index in [9.17, 15) is 18.5 Å². The van der Waals surface area contributed by atoms with Crippen LogP contribution in [-0.4, -0.2) is 19.6 Å². The van der Waals surface area contributed by atoms with Crippen molar-refractivity contribution in [1.29, 1.82) is 0 Å². The van der Waals surface area contributed by atoms with Crippen LogP contribution < -0.4 is 4.83 Å². The summed E-state index contributed by atoms with van der Waals surface area (Å²) >= 11 is 1.40. The molecule has 0 unspecified atom stereocenters. The molecular weight excluding hydrogens is 314 g/mol.